The minimum atomic E-state index is -4.48. The first-order valence-corrected chi connectivity index (χ1v) is 11.9. The number of carbonyl (C=O) groups excluding carboxylic acids is 1. The minimum absolute atomic E-state index is 0.0626. The average Bonchev–Trinajstić information content (AvgIpc) is 3.29. The van der Waals surface area contributed by atoms with E-state index in [0.29, 0.717) is 17.8 Å². The van der Waals surface area contributed by atoms with Gasteiger partial charge in [0.15, 0.2) is 5.11 Å². The molecule has 1 aromatic heterocycles. The zero-order valence-electron chi connectivity index (χ0n) is 20.4. The minimum Gasteiger partial charge on any atom is -0.366 e. The van der Waals surface area contributed by atoms with E-state index >= 15 is 0 Å². The molecule has 1 atom stereocenters. The summed E-state index contributed by atoms with van der Waals surface area (Å²) >= 11 is 5.32. The molecule has 2 aromatic carbocycles. The van der Waals surface area contributed by atoms with Gasteiger partial charge in [-0.3, -0.25) is 4.79 Å². The zero-order chi connectivity index (χ0) is 27.0. The number of nitriles is 1. The molecule has 0 saturated heterocycles. The maximum absolute atomic E-state index is 13.5. The molecular weight excluding hydrogens is 501 g/mol. The highest BCUT2D eigenvalue weighted by atomic mass is 32.1. The van der Waals surface area contributed by atoms with Crippen LogP contribution in [0, 0.1) is 11.3 Å². The summed E-state index contributed by atoms with van der Waals surface area (Å²) in [4.78, 5) is 18.5. The summed E-state index contributed by atoms with van der Waals surface area (Å²) in [7, 11) is 1.60. The molecule has 37 heavy (non-hydrogen) atoms. The molecule has 0 radical (unpaired) electrons. The van der Waals surface area contributed by atoms with Gasteiger partial charge in [0.1, 0.15) is 0 Å². The lowest BCUT2D eigenvalue weighted by Gasteiger charge is -2.29. The summed E-state index contributed by atoms with van der Waals surface area (Å²) in [5, 5.41) is 14.9. The number of rotatable bonds is 9. The van der Waals surface area contributed by atoms with E-state index < -0.39 is 17.8 Å². The van der Waals surface area contributed by atoms with Crippen molar-refractivity contribution >= 4 is 23.2 Å². The highest BCUT2D eigenvalue weighted by Gasteiger charge is 2.33. The van der Waals surface area contributed by atoms with Gasteiger partial charge in [0.05, 0.1) is 29.9 Å². The van der Waals surface area contributed by atoms with Crippen LogP contribution < -0.4 is 10.6 Å². The second kappa shape index (κ2) is 12.4. The Labute approximate surface area is 218 Å². The Morgan fingerprint density at radius 2 is 1.92 bits per heavy atom. The van der Waals surface area contributed by atoms with E-state index in [1.807, 2.05) is 16.7 Å². The lowest BCUT2D eigenvalue weighted by molar-refractivity contribution is -0.138. The Bertz CT molecular complexity index is 1270. The molecule has 3 rings (SSSR count). The first kappa shape index (κ1) is 27.7. The Morgan fingerprint density at radius 1 is 1.22 bits per heavy atom. The summed E-state index contributed by atoms with van der Waals surface area (Å²) in [6.07, 6.45) is -1.15. The highest BCUT2D eigenvalue weighted by Crippen LogP contribution is 2.32. The molecule has 0 bridgehead atoms. The van der Waals surface area contributed by atoms with Crippen LogP contribution in [-0.4, -0.2) is 45.1 Å². The molecule has 0 aliphatic rings. The maximum Gasteiger partial charge on any atom is 0.416 e. The Balaban J connectivity index is 1.63. The second-order valence-corrected chi connectivity index (χ2v) is 8.94. The van der Waals surface area contributed by atoms with E-state index in [1.54, 1.807) is 49.6 Å². The number of carbonyl (C=O) groups is 1. The zero-order valence-corrected chi connectivity index (χ0v) is 21.2. The van der Waals surface area contributed by atoms with Crippen LogP contribution in [0.2, 0.25) is 0 Å². The summed E-state index contributed by atoms with van der Waals surface area (Å²) in [6.45, 7) is 2.41. The number of alkyl halides is 3. The van der Waals surface area contributed by atoms with Crippen molar-refractivity contribution in [1.82, 2.24) is 25.1 Å². The monoisotopic (exact) mass is 528 g/mol. The van der Waals surface area contributed by atoms with Crippen molar-refractivity contribution in [2.45, 2.75) is 38.7 Å². The highest BCUT2D eigenvalue weighted by molar-refractivity contribution is 7.80. The molecule has 11 heteroatoms. The molecule has 0 aliphatic carbocycles. The standard InChI is InChI=1S/C26H27F3N6OS/c1-18(14-34(25(37)31-2)16-21-5-3-4-6-23(21)26(27,28)29)33-24(36)11-22-13-32-17-35(22)15-20-9-7-19(12-30)8-10-20/h3-10,13,17-18H,11,14-16H2,1-2H3,(H,31,37)(H,33,36)/t18-/m0/s1. The van der Waals surface area contributed by atoms with Crippen LogP contribution >= 0.6 is 12.2 Å². The van der Waals surface area contributed by atoms with Gasteiger partial charge in [-0.05, 0) is 48.5 Å². The van der Waals surface area contributed by atoms with Gasteiger partial charge in [-0.25, -0.2) is 4.98 Å². The fourth-order valence-corrected chi connectivity index (χ4v) is 4.04. The van der Waals surface area contributed by atoms with Crippen LogP contribution in [0.25, 0.3) is 0 Å². The molecule has 0 aliphatic heterocycles. The molecule has 2 N–H and O–H groups in total. The van der Waals surface area contributed by atoms with Gasteiger partial charge < -0.3 is 20.1 Å². The number of hydrogen-bond acceptors (Lipinski definition) is 4. The van der Waals surface area contributed by atoms with Crippen LogP contribution in [0.4, 0.5) is 13.2 Å². The predicted octanol–water partition coefficient (Wildman–Crippen LogP) is 3.88. The van der Waals surface area contributed by atoms with Crippen LogP contribution in [0.1, 0.15) is 34.9 Å². The number of thiocarbonyl (C=S) groups is 1. The van der Waals surface area contributed by atoms with Crippen LogP contribution in [-0.2, 0) is 30.5 Å². The summed E-state index contributed by atoms with van der Waals surface area (Å²) in [6, 6.07) is 14.2. The first-order valence-electron chi connectivity index (χ1n) is 11.5. The number of nitrogens with zero attached hydrogens (tertiary/aromatic N) is 4. The van der Waals surface area contributed by atoms with E-state index in [2.05, 4.69) is 21.7 Å². The van der Waals surface area contributed by atoms with Gasteiger partial charge in [-0.15, -0.1) is 0 Å². The van der Waals surface area contributed by atoms with Crippen molar-refractivity contribution in [3.63, 3.8) is 0 Å². The van der Waals surface area contributed by atoms with Gasteiger partial charge in [0, 0.05) is 44.6 Å². The largest absolute Gasteiger partial charge is 0.416 e. The smallest absolute Gasteiger partial charge is 0.366 e. The molecule has 7 nitrogen and oxygen atoms in total. The lowest BCUT2D eigenvalue weighted by atomic mass is 10.1. The lowest BCUT2D eigenvalue weighted by Crippen LogP contribution is -2.47. The topological polar surface area (TPSA) is 86.0 Å². The van der Waals surface area contributed by atoms with Crippen molar-refractivity contribution in [2.75, 3.05) is 13.6 Å². The van der Waals surface area contributed by atoms with Crippen molar-refractivity contribution < 1.29 is 18.0 Å². The van der Waals surface area contributed by atoms with Gasteiger partial charge in [0.2, 0.25) is 5.91 Å². The third-order valence-electron chi connectivity index (χ3n) is 5.66. The van der Waals surface area contributed by atoms with Crippen molar-refractivity contribution in [3.05, 3.63) is 89.0 Å². The molecular formula is C26H27F3N6OS. The van der Waals surface area contributed by atoms with E-state index in [1.165, 1.54) is 12.1 Å². The quantitative estimate of drug-likeness (QED) is 0.410. The second-order valence-electron chi connectivity index (χ2n) is 8.56. The van der Waals surface area contributed by atoms with Gasteiger partial charge in [-0.1, -0.05) is 30.3 Å². The number of benzene rings is 2. The SMILES string of the molecule is CNC(=S)N(Cc1ccccc1C(F)(F)F)C[C@H](C)NC(=O)Cc1cncn1Cc1ccc(C#N)cc1. The van der Waals surface area contributed by atoms with Crippen molar-refractivity contribution in [1.29, 1.82) is 5.26 Å². The third kappa shape index (κ3) is 7.79. The predicted molar refractivity (Wildman–Crippen MR) is 137 cm³/mol. The number of nitrogens with one attached hydrogen (secondary N) is 2. The molecule has 0 saturated carbocycles. The third-order valence-corrected chi connectivity index (χ3v) is 6.13. The van der Waals surface area contributed by atoms with E-state index in [0.717, 1.165) is 11.6 Å². The summed E-state index contributed by atoms with van der Waals surface area (Å²) < 4.78 is 42.2. The number of amides is 1. The summed E-state index contributed by atoms with van der Waals surface area (Å²) in [5.74, 6) is -0.250. The Morgan fingerprint density at radius 3 is 2.57 bits per heavy atom. The number of hydrogen-bond donors (Lipinski definition) is 2. The molecule has 1 heterocycles. The van der Waals surface area contributed by atoms with E-state index in [4.69, 9.17) is 17.5 Å². The number of halogens is 3. The fraction of sp³-hybridized carbons (Fsp3) is 0.308. The van der Waals surface area contributed by atoms with Gasteiger partial charge in [-0.2, -0.15) is 18.4 Å². The first-order chi connectivity index (χ1) is 17.6. The van der Waals surface area contributed by atoms with E-state index in [-0.39, 0.29) is 36.1 Å². The Kier molecular flexibility index (Phi) is 9.25. The van der Waals surface area contributed by atoms with Crippen LogP contribution in [0.15, 0.2) is 61.1 Å². The molecule has 3 aromatic rings. The molecule has 194 valence electrons. The number of imidazole rings is 1. The molecule has 0 fully saturated rings. The maximum atomic E-state index is 13.5. The fourth-order valence-electron chi connectivity index (χ4n) is 3.90. The average molecular weight is 529 g/mol. The van der Waals surface area contributed by atoms with Gasteiger partial charge >= 0.3 is 6.18 Å². The van der Waals surface area contributed by atoms with Crippen molar-refractivity contribution in [3.8, 4) is 6.07 Å². The molecule has 0 spiro atoms. The normalized spacial score (nSPS) is 11.9. The molecule has 1 amide bonds. The van der Waals surface area contributed by atoms with Crippen LogP contribution in [0.5, 0.6) is 0 Å². The number of aromatic nitrogens is 2. The van der Waals surface area contributed by atoms with Crippen LogP contribution in [0.3, 0.4) is 0 Å². The summed E-state index contributed by atoms with van der Waals surface area (Å²) in [5.41, 5.74) is 1.61. The Hall–Kier alpha value is -3.91. The van der Waals surface area contributed by atoms with Gasteiger partial charge in [0.25, 0.3) is 0 Å². The van der Waals surface area contributed by atoms with Crippen molar-refractivity contribution in [2.24, 2.45) is 0 Å². The molecule has 0 unspecified atom stereocenters. The van der Waals surface area contributed by atoms with E-state index in [9.17, 15) is 18.0 Å².